The Morgan fingerprint density at radius 2 is 1.90 bits per heavy atom. The fourth-order valence-electron chi connectivity index (χ4n) is 2.69. The zero-order valence-electron chi connectivity index (χ0n) is 15.0. The third-order valence-corrected chi connectivity index (χ3v) is 4.10. The number of halogens is 3. The van der Waals surface area contributed by atoms with Crippen molar-refractivity contribution in [3.63, 3.8) is 0 Å². The summed E-state index contributed by atoms with van der Waals surface area (Å²) in [6, 6.07) is 9.99. The first kappa shape index (κ1) is 20.2. The van der Waals surface area contributed by atoms with E-state index in [0.29, 0.717) is 6.54 Å². The maximum absolute atomic E-state index is 12.9. The van der Waals surface area contributed by atoms with Crippen molar-refractivity contribution in [3.05, 3.63) is 59.7 Å². The minimum Gasteiger partial charge on any atom is -0.452 e. The Bertz CT molecular complexity index is 946. The normalized spacial score (nSPS) is 13.8. The average Bonchev–Trinajstić information content (AvgIpc) is 3.12. The molecule has 0 aromatic heterocycles. The number of esters is 1. The van der Waals surface area contributed by atoms with Crippen LogP contribution in [0.5, 0.6) is 0 Å². The standard InChI is InChI=1S/C19H16F3N3O4/c20-19(21,22)12-4-3-5-13(10-12)24-15-7-2-1-6-14(15)17(27)29-11-16(26)25-9-8-23-18(25)28/h1-7,10,24H,8-9,11H2,(H,23,28). The number of rotatable bonds is 5. The molecule has 0 spiro atoms. The Hall–Kier alpha value is -3.56. The molecule has 10 heteroatoms. The summed E-state index contributed by atoms with van der Waals surface area (Å²) in [5.41, 5.74) is -0.464. The molecule has 1 fully saturated rings. The first-order valence-corrected chi connectivity index (χ1v) is 8.54. The van der Waals surface area contributed by atoms with E-state index in [-0.39, 0.29) is 23.5 Å². The molecule has 0 atom stereocenters. The predicted octanol–water partition coefficient (Wildman–Crippen LogP) is 3.16. The molecule has 1 saturated heterocycles. The molecular weight excluding hydrogens is 391 g/mol. The Kier molecular flexibility index (Phi) is 5.71. The fraction of sp³-hybridized carbons (Fsp3) is 0.211. The van der Waals surface area contributed by atoms with Gasteiger partial charge in [0.25, 0.3) is 5.91 Å². The van der Waals surface area contributed by atoms with Crippen LogP contribution in [0.3, 0.4) is 0 Å². The minimum atomic E-state index is -4.50. The summed E-state index contributed by atoms with van der Waals surface area (Å²) in [5.74, 6) is -1.52. The molecule has 29 heavy (non-hydrogen) atoms. The van der Waals surface area contributed by atoms with Gasteiger partial charge in [-0.3, -0.25) is 9.69 Å². The van der Waals surface area contributed by atoms with Crippen molar-refractivity contribution in [1.82, 2.24) is 10.2 Å². The molecule has 0 radical (unpaired) electrons. The molecule has 2 N–H and O–H groups in total. The number of nitrogens with one attached hydrogen (secondary N) is 2. The third-order valence-electron chi connectivity index (χ3n) is 4.10. The lowest BCUT2D eigenvalue weighted by Gasteiger charge is -2.15. The van der Waals surface area contributed by atoms with E-state index in [1.807, 2.05) is 0 Å². The van der Waals surface area contributed by atoms with E-state index in [1.165, 1.54) is 24.3 Å². The number of amides is 3. The third kappa shape index (κ3) is 4.84. The first-order chi connectivity index (χ1) is 13.8. The molecule has 0 aliphatic carbocycles. The topological polar surface area (TPSA) is 87.7 Å². The monoisotopic (exact) mass is 407 g/mol. The molecule has 3 amide bonds. The fourth-order valence-corrected chi connectivity index (χ4v) is 2.69. The van der Waals surface area contributed by atoms with Crippen molar-refractivity contribution in [2.24, 2.45) is 0 Å². The Balaban J connectivity index is 1.71. The maximum atomic E-state index is 12.9. The van der Waals surface area contributed by atoms with E-state index in [0.717, 1.165) is 17.0 Å². The lowest BCUT2D eigenvalue weighted by molar-refractivity contribution is -0.137. The van der Waals surface area contributed by atoms with Gasteiger partial charge < -0.3 is 15.4 Å². The highest BCUT2D eigenvalue weighted by atomic mass is 19.4. The first-order valence-electron chi connectivity index (χ1n) is 8.54. The molecule has 3 rings (SSSR count). The Labute approximate surface area is 163 Å². The van der Waals surface area contributed by atoms with Crippen molar-refractivity contribution in [1.29, 1.82) is 0 Å². The van der Waals surface area contributed by atoms with Gasteiger partial charge in [0.1, 0.15) is 0 Å². The van der Waals surface area contributed by atoms with Crippen molar-refractivity contribution in [3.8, 4) is 0 Å². The molecule has 2 aromatic rings. The number of alkyl halides is 3. The van der Waals surface area contributed by atoms with E-state index in [4.69, 9.17) is 4.74 Å². The largest absolute Gasteiger partial charge is 0.452 e. The number of urea groups is 1. The number of ether oxygens (including phenoxy) is 1. The average molecular weight is 407 g/mol. The highest BCUT2D eigenvalue weighted by Crippen LogP contribution is 2.32. The second-order valence-electron chi connectivity index (χ2n) is 6.10. The molecule has 7 nitrogen and oxygen atoms in total. The molecular formula is C19H16F3N3O4. The number of anilines is 2. The summed E-state index contributed by atoms with van der Waals surface area (Å²) in [6.45, 7) is -0.130. The van der Waals surface area contributed by atoms with Crippen LogP contribution >= 0.6 is 0 Å². The van der Waals surface area contributed by atoms with E-state index >= 15 is 0 Å². The van der Waals surface area contributed by atoms with Gasteiger partial charge in [0.05, 0.1) is 16.8 Å². The second kappa shape index (κ2) is 8.21. The summed E-state index contributed by atoms with van der Waals surface area (Å²) < 4.78 is 43.6. The molecule has 1 aliphatic rings. The van der Waals surface area contributed by atoms with Gasteiger partial charge in [-0.1, -0.05) is 18.2 Å². The highest BCUT2D eigenvalue weighted by Gasteiger charge is 2.30. The smallest absolute Gasteiger partial charge is 0.416 e. The zero-order valence-corrected chi connectivity index (χ0v) is 15.0. The predicted molar refractivity (Wildman–Crippen MR) is 96.6 cm³/mol. The zero-order chi connectivity index (χ0) is 21.0. The van der Waals surface area contributed by atoms with Crippen LogP contribution in [0.15, 0.2) is 48.5 Å². The van der Waals surface area contributed by atoms with E-state index < -0.39 is 36.3 Å². The van der Waals surface area contributed by atoms with Crippen LogP contribution < -0.4 is 10.6 Å². The number of carbonyl (C=O) groups is 3. The second-order valence-corrected chi connectivity index (χ2v) is 6.10. The summed E-state index contributed by atoms with van der Waals surface area (Å²) in [7, 11) is 0. The van der Waals surface area contributed by atoms with E-state index in [9.17, 15) is 27.6 Å². The number of hydrogen-bond donors (Lipinski definition) is 2. The molecule has 0 unspecified atom stereocenters. The highest BCUT2D eigenvalue weighted by molar-refractivity contribution is 6.00. The molecule has 1 aliphatic heterocycles. The van der Waals surface area contributed by atoms with Gasteiger partial charge in [-0.2, -0.15) is 13.2 Å². The number of para-hydroxylation sites is 1. The number of hydrogen-bond acceptors (Lipinski definition) is 5. The van der Waals surface area contributed by atoms with Gasteiger partial charge in [-0.25, -0.2) is 9.59 Å². The van der Waals surface area contributed by atoms with Gasteiger partial charge in [0.15, 0.2) is 6.61 Å². The minimum absolute atomic E-state index is 0.0311. The lowest BCUT2D eigenvalue weighted by atomic mass is 10.1. The van der Waals surface area contributed by atoms with Crippen LogP contribution in [-0.2, 0) is 15.7 Å². The molecule has 0 bridgehead atoms. The molecule has 0 saturated carbocycles. The number of benzene rings is 2. The lowest BCUT2D eigenvalue weighted by Crippen LogP contribution is -2.37. The van der Waals surface area contributed by atoms with E-state index in [2.05, 4.69) is 10.6 Å². The summed E-state index contributed by atoms with van der Waals surface area (Å²) in [5, 5.41) is 5.21. The number of carbonyl (C=O) groups excluding carboxylic acids is 3. The quantitative estimate of drug-likeness (QED) is 0.744. The molecule has 152 valence electrons. The Morgan fingerprint density at radius 1 is 1.14 bits per heavy atom. The maximum Gasteiger partial charge on any atom is 0.416 e. The van der Waals surface area contributed by atoms with E-state index in [1.54, 1.807) is 12.1 Å². The van der Waals surface area contributed by atoms with Gasteiger partial charge in [-0.15, -0.1) is 0 Å². The summed E-state index contributed by atoms with van der Waals surface area (Å²) in [4.78, 5) is 36.7. The van der Waals surface area contributed by atoms with Crippen LogP contribution in [-0.4, -0.2) is 42.5 Å². The van der Waals surface area contributed by atoms with Crippen molar-refractivity contribution >= 4 is 29.3 Å². The Morgan fingerprint density at radius 3 is 2.59 bits per heavy atom. The van der Waals surface area contributed by atoms with Crippen molar-refractivity contribution < 1.29 is 32.3 Å². The molecule has 1 heterocycles. The van der Waals surface area contributed by atoms with Gasteiger partial charge in [-0.05, 0) is 30.3 Å². The number of imide groups is 1. The SMILES string of the molecule is O=C(OCC(=O)N1CCNC1=O)c1ccccc1Nc1cccc(C(F)(F)F)c1. The van der Waals surface area contributed by atoms with Crippen LogP contribution in [0.2, 0.25) is 0 Å². The van der Waals surface area contributed by atoms with Crippen LogP contribution in [0.25, 0.3) is 0 Å². The van der Waals surface area contributed by atoms with Gasteiger partial charge >= 0.3 is 18.2 Å². The summed E-state index contributed by atoms with van der Waals surface area (Å²) in [6.07, 6.45) is -4.50. The van der Waals surface area contributed by atoms with Crippen LogP contribution in [0, 0.1) is 0 Å². The van der Waals surface area contributed by atoms with Crippen molar-refractivity contribution in [2.45, 2.75) is 6.18 Å². The van der Waals surface area contributed by atoms with Gasteiger partial charge in [0, 0.05) is 18.8 Å². The van der Waals surface area contributed by atoms with Crippen LogP contribution in [0.4, 0.5) is 29.3 Å². The summed E-state index contributed by atoms with van der Waals surface area (Å²) >= 11 is 0. The molecule has 2 aromatic carbocycles. The van der Waals surface area contributed by atoms with Crippen LogP contribution in [0.1, 0.15) is 15.9 Å². The van der Waals surface area contributed by atoms with Crippen molar-refractivity contribution in [2.75, 3.05) is 25.0 Å². The number of nitrogens with zero attached hydrogens (tertiary/aromatic N) is 1. The van der Waals surface area contributed by atoms with Gasteiger partial charge in [0.2, 0.25) is 0 Å².